The Labute approximate surface area is 112 Å². The molecule has 4 nitrogen and oxygen atoms in total. The highest BCUT2D eigenvalue weighted by Crippen LogP contribution is 2.12. The quantitative estimate of drug-likeness (QED) is 0.589. The molecule has 0 bridgehead atoms. The van der Waals surface area contributed by atoms with E-state index in [1.54, 1.807) is 0 Å². The molecule has 0 rings (SSSR count). The van der Waals surface area contributed by atoms with Gasteiger partial charge in [0, 0.05) is 12.6 Å². The van der Waals surface area contributed by atoms with Crippen LogP contribution >= 0.6 is 0 Å². The Kier molecular flexibility index (Phi) is 9.02. The molecule has 0 aromatic carbocycles. The first kappa shape index (κ1) is 17.4. The molecule has 0 aromatic heterocycles. The Balaban J connectivity index is 4.01. The van der Waals surface area contributed by atoms with E-state index in [-0.39, 0.29) is 24.1 Å². The molecule has 0 saturated carbocycles. The molecule has 0 heterocycles. The van der Waals surface area contributed by atoms with Crippen molar-refractivity contribution < 1.29 is 9.90 Å². The number of aliphatic hydroxyl groups excluding tert-OH is 1. The molecule has 0 radical (unpaired) electrons. The second-order valence-corrected chi connectivity index (χ2v) is 5.09. The average Bonchev–Trinajstić information content (AvgIpc) is 2.36. The Morgan fingerprint density at radius 2 is 1.67 bits per heavy atom. The summed E-state index contributed by atoms with van der Waals surface area (Å²) >= 11 is 0. The molecular formula is C14H30N2O2. The van der Waals surface area contributed by atoms with Crippen molar-refractivity contribution in [2.45, 2.75) is 72.1 Å². The monoisotopic (exact) mass is 258 g/mol. The van der Waals surface area contributed by atoms with E-state index in [4.69, 9.17) is 0 Å². The topological polar surface area (TPSA) is 61.4 Å². The zero-order chi connectivity index (χ0) is 14.1. The molecule has 3 unspecified atom stereocenters. The standard InChI is InChI=1S/C14H30N2O2/c1-6-10(4)16-14(18)11(5)15-9-13(17)12(7-2)8-3/h10-13,15,17H,6-9H2,1-5H3,(H,16,18). The van der Waals surface area contributed by atoms with E-state index < -0.39 is 0 Å². The molecule has 0 aliphatic heterocycles. The average molecular weight is 258 g/mol. The van der Waals surface area contributed by atoms with Gasteiger partial charge in [0.05, 0.1) is 12.1 Å². The van der Waals surface area contributed by atoms with Crippen molar-refractivity contribution in [2.24, 2.45) is 5.92 Å². The van der Waals surface area contributed by atoms with E-state index in [0.29, 0.717) is 12.5 Å². The minimum atomic E-state index is -0.376. The van der Waals surface area contributed by atoms with Gasteiger partial charge < -0.3 is 15.7 Å². The van der Waals surface area contributed by atoms with Crippen LogP contribution in [0.15, 0.2) is 0 Å². The summed E-state index contributed by atoms with van der Waals surface area (Å²) in [7, 11) is 0. The summed E-state index contributed by atoms with van der Waals surface area (Å²) in [5.74, 6) is 0.309. The predicted octanol–water partition coefficient (Wildman–Crippen LogP) is 1.68. The molecule has 108 valence electrons. The van der Waals surface area contributed by atoms with Gasteiger partial charge in [0.2, 0.25) is 5.91 Å². The lowest BCUT2D eigenvalue weighted by atomic mass is 9.96. The third-order valence-corrected chi connectivity index (χ3v) is 3.62. The van der Waals surface area contributed by atoms with Gasteiger partial charge in [-0.3, -0.25) is 4.79 Å². The van der Waals surface area contributed by atoms with Crippen LogP contribution in [0.2, 0.25) is 0 Å². The summed E-state index contributed by atoms with van der Waals surface area (Å²) in [5, 5.41) is 16.0. The van der Waals surface area contributed by atoms with Crippen LogP contribution in [-0.4, -0.2) is 35.7 Å². The normalized spacial score (nSPS) is 16.4. The van der Waals surface area contributed by atoms with Crippen LogP contribution in [-0.2, 0) is 4.79 Å². The number of rotatable bonds is 9. The second-order valence-electron chi connectivity index (χ2n) is 5.09. The van der Waals surface area contributed by atoms with Crippen molar-refractivity contribution in [3.8, 4) is 0 Å². The Hall–Kier alpha value is -0.610. The molecule has 1 amide bonds. The summed E-state index contributed by atoms with van der Waals surface area (Å²) in [6, 6.07) is -0.0614. The first-order chi connectivity index (χ1) is 8.46. The smallest absolute Gasteiger partial charge is 0.237 e. The van der Waals surface area contributed by atoms with Crippen molar-refractivity contribution in [1.29, 1.82) is 0 Å². The van der Waals surface area contributed by atoms with Gasteiger partial charge >= 0.3 is 0 Å². The highest BCUT2D eigenvalue weighted by molar-refractivity contribution is 5.81. The number of hydrogen-bond donors (Lipinski definition) is 3. The van der Waals surface area contributed by atoms with Gasteiger partial charge in [0.25, 0.3) is 0 Å². The summed E-state index contributed by atoms with van der Waals surface area (Å²) < 4.78 is 0. The van der Waals surface area contributed by atoms with Crippen LogP contribution in [0.3, 0.4) is 0 Å². The van der Waals surface area contributed by atoms with Gasteiger partial charge in [0.15, 0.2) is 0 Å². The number of aliphatic hydroxyl groups is 1. The Morgan fingerprint density at radius 3 is 2.11 bits per heavy atom. The van der Waals surface area contributed by atoms with Gasteiger partial charge in [-0.15, -0.1) is 0 Å². The maximum Gasteiger partial charge on any atom is 0.237 e. The van der Waals surface area contributed by atoms with Gasteiger partial charge in [-0.1, -0.05) is 33.6 Å². The molecule has 18 heavy (non-hydrogen) atoms. The van der Waals surface area contributed by atoms with Crippen molar-refractivity contribution in [2.75, 3.05) is 6.54 Å². The molecule has 0 spiro atoms. The van der Waals surface area contributed by atoms with E-state index in [2.05, 4.69) is 24.5 Å². The SMILES string of the molecule is CCC(C)NC(=O)C(C)NCC(O)C(CC)CC. The molecule has 0 aliphatic rings. The lowest BCUT2D eigenvalue weighted by Crippen LogP contribution is -2.48. The number of carbonyl (C=O) groups is 1. The van der Waals surface area contributed by atoms with E-state index in [0.717, 1.165) is 19.3 Å². The first-order valence-electron chi connectivity index (χ1n) is 7.17. The summed E-state index contributed by atoms with van der Waals surface area (Å²) in [5.41, 5.74) is 0. The molecule has 0 saturated heterocycles. The first-order valence-corrected chi connectivity index (χ1v) is 7.17. The maximum atomic E-state index is 11.8. The van der Waals surface area contributed by atoms with Crippen LogP contribution in [0.1, 0.15) is 53.9 Å². The highest BCUT2D eigenvalue weighted by Gasteiger charge is 2.19. The van der Waals surface area contributed by atoms with Gasteiger partial charge in [-0.2, -0.15) is 0 Å². The third kappa shape index (κ3) is 6.36. The summed E-state index contributed by atoms with van der Waals surface area (Å²) in [6.45, 7) is 10.5. The van der Waals surface area contributed by atoms with Crippen LogP contribution in [0, 0.1) is 5.92 Å². The minimum absolute atomic E-state index is 0.00102. The zero-order valence-electron chi connectivity index (χ0n) is 12.5. The fraction of sp³-hybridized carbons (Fsp3) is 0.929. The minimum Gasteiger partial charge on any atom is -0.392 e. The lowest BCUT2D eigenvalue weighted by Gasteiger charge is -2.23. The Morgan fingerprint density at radius 1 is 1.11 bits per heavy atom. The van der Waals surface area contributed by atoms with Crippen molar-refractivity contribution in [3.63, 3.8) is 0 Å². The zero-order valence-corrected chi connectivity index (χ0v) is 12.5. The van der Waals surface area contributed by atoms with Crippen LogP contribution in [0.5, 0.6) is 0 Å². The van der Waals surface area contributed by atoms with E-state index in [9.17, 15) is 9.90 Å². The number of hydrogen-bond acceptors (Lipinski definition) is 3. The van der Waals surface area contributed by atoms with E-state index in [1.807, 2.05) is 20.8 Å². The molecule has 0 aliphatic carbocycles. The third-order valence-electron chi connectivity index (χ3n) is 3.62. The molecule has 4 heteroatoms. The maximum absolute atomic E-state index is 11.8. The molecule has 0 fully saturated rings. The van der Waals surface area contributed by atoms with Gasteiger partial charge in [-0.05, 0) is 26.2 Å². The number of nitrogens with one attached hydrogen (secondary N) is 2. The second kappa shape index (κ2) is 9.34. The summed E-state index contributed by atoms with van der Waals surface area (Å²) in [4.78, 5) is 11.8. The van der Waals surface area contributed by atoms with Crippen LogP contribution < -0.4 is 10.6 Å². The molecule has 3 atom stereocenters. The highest BCUT2D eigenvalue weighted by atomic mass is 16.3. The molecular weight excluding hydrogens is 228 g/mol. The van der Waals surface area contributed by atoms with Crippen LogP contribution in [0.25, 0.3) is 0 Å². The van der Waals surface area contributed by atoms with Crippen molar-refractivity contribution in [3.05, 3.63) is 0 Å². The predicted molar refractivity (Wildman–Crippen MR) is 75.4 cm³/mol. The lowest BCUT2D eigenvalue weighted by molar-refractivity contribution is -0.123. The van der Waals surface area contributed by atoms with Crippen molar-refractivity contribution >= 4 is 5.91 Å². The largest absolute Gasteiger partial charge is 0.392 e. The Bertz CT molecular complexity index is 230. The fourth-order valence-corrected chi connectivity index (χ4v) is 1.86. The van der Waals surface area contributed by atoms with Crippen molar-refractivity contribution in [1.82, 2.24) is 10.6 Å². The number of carbonyl (C=O) groups excluding carboxylic acids is 1. The van der Waals surface area contributed by atoms with E-state index >= 15 is 0 Å². The summed E-state index contributed by atoms with van der Waals surface area (Å²) in [6.07, 6.45) is 2.48. The van der Waals surface area contributed by atoms with Crippen LogP contribution in [0.4, 0.5) is 0 Å². The van der Waals surface area contributed by atoms with Gasteiger partial charge in [0.1, 0.15) is 0 Å². The number of amides is 1. The van der Waals surface area contributed by atoms with E-state index in [1.165, 1.54) is 0 Å². The fourth-order valence-electron chi connectivity index (χ4n) is 1.86. The van der Waals surface area contributed by atoms with Gasteiger partial charge in [-0.25, -0.2) is 0 Å². The molecule has 0 aromatic rings. The molecule has 3 N–H and O–H groups in total.